The molecule has 0 spiro atoms. The van der Waals surface area contributed by atoms with Crippen LogP contribution in [-0.2, 0) is 9.59 Å². The van der Waals surface area contributed by atoms with Gasteiger partial charge in [0.1, 0.15) is 17.6 Å². The number of anilines is 1. The lowest BCUT2D eigenvalue weighted by Gasteiger charge is -2.11. The van der Waals surface area contributed by atoms with Gasteiger partial charge in [0.15, 0.2) is 0 Å². The molecule has 1 aromatic carbocycles. The highest BCUT2D eigenvalue weighted by Gasteiger charge is 2.24. The predicted molar refractivity (Wildman–Crippen MR) is 56.4 cm³/mol. The molecule has 0 aliphatic carbocycles. The third-order valence-electron chi connectivity index (χ3n) is 2.21. The molecule has 1 amide bonds. The lowest BCUT2D eigenvalue weighted by atomic mass is 10.1. The molecule has 1 unspecified atom stereocenters. The molecule has 0 saturated carbocycles. The number of hydrogen-bond donors (Lipinski definition) is 2. The number of nitrogens with one attached hydrogen (secondary N) is 1. The molecule has 6 heteroatoms. The summed E-state index contributed by atoms with van der Waals surface area (Å²) >= 11 is 0. The molecule has 92 valence electrons. The molecule has 1 rings (SSSR count). The summed E-state index contributed by atoms with van der Waals surface area (Å²) in [6, 6.07) is 2.62. The van der Waals surface area contributed by atoms with Crippen LogP contribution in [0.2, 0.25) is 0 Å². The van der Waals surface area contributed by atoms with Crippen LogP contribution in [0.3, 0.4) is 0 Å². The first-order valence-electron chi connectivity index (χ1n) is 4.94. The fourth-order valence-corrected chi connectivity index (χ4v) is 1.28. The van der Waals surface area contributed by atoms with Gasteiger partial charge in [0.05, 0.1) is 5.69 Å². The van der Waals surface area contributed by atoms with Crippen molar-refractivity contribution in [2.24, 2.45) is 5.92 Å². The van der Waals surface area contributed by atoms with Crippen molar-refractivity contribution < 1.29 is 23.5 Å². The van der Waals surface area contributed by atoms with Gasteiger partial charge in [-0.05, 0) is 18.6 Å². The molecule has 0 fully saturated rings. The minimum atomic E-state index is -1.28. The minimum absolute atomic E-state index is 0.0873. The molecule has 4 nitrogen and oxygen atoms in total. The third kappa shape index (κ3) is 3.24. The van der Waals surface area contributed by atoms with Gasteiger partial charge in [-0.3, -0.25) is 9.59 Å². The van der Waals surface area contributed by atoms with Crippen LogP contribution in [0, 0.1) is 17.6 Å². The summed E-state index contributed by atoms with van der Waals surface area (Å²) in [7, 11) is 0. The Bertz CT molecular complexity index is 448. The second kappa shape index (κ2) is 5.38. The van der Waals surface area contributed by atoms with Crippen molar-refractivity contribution in [2.45, 2.75) is 13.3 Å². The Labute approximate surface area is 96.3 Å². The quantitative estimate of drug-likeness (QED) is 0.795. The Morgan fingerprint density at radius 3 is 2.53 bits per heavy atom. The first-order chi connectivity index (χ1) is 7.95. The number of halogens is 2. The molecule has 2 N–H and O–H groups in total. The number of amides is 1. The summed E-state index contributed by atoms with van der Waals surface area (Å²) in [5, 5.41) is 10.8. The van der Waals surface area contributed by atoms with Crippen LogP contribution < -0.4 is 5.32 Å². The molecule has 0 aliphatic rings. The molecule has 0 heterocycles. The minimum Gasteiger partial charge on any atom is -0.481 e. The van der Waals surface area contributed by atoms with E-state index < -0.39 is 29.4 Å². The van der Waals surface area contributed by atoms with Crippen LogP contribution in [0.1, 0.15) is 13.3 Å². The Morgan fingerprint density at radius 2 is 2.06 bits per heavy atom. The number of carbonyl (C=O) groups is 2. The lowest BCUT2D eigenvalue weighted by molar-refractivity contribution is -0.145. The molecule has 17 heavy (non-hydrogen) atoms. The number of carboxylic acid groups (broad SMARTS) is 1. The van der Waals surface area contributed by atoms with Crippen LogP contribution in [0.15, 0.2) is 18.2 Å². The molecule has 0 radical (unpaired) electrons. The van der Waals surface area contributed by atoms with Crippen molar-refractivity contribution in [1.82, 2.24) is 0 Å². The molecule has 0 saturated heterocycles. The molecule has 1 atom stereocenters. The first kappa shape index (κ1) is 13.1. The topological polar surface area (TPSA) is 66.4 Å². The van der Waals surface area contributed by atoms with Crippen LogP contribution in [0.25, 0.3) is 0 Å². The second-order valence-corrected chi connectivity index (χ2v) is 3.41. The lowest BCUT2D eigenvalue weighted by Crippen LogP contribution is -2.29. The number of rotatable bonds is 4. The summed E-state index contributed by atoms with van der Waals surface area (Å²) in [5.41, 5.74) is -0.240. The van der Waals surface area contributed by atoms with Gasteiger partial charge in [-0.15, -0.1) is 0 Å². The zero-order valence-corrected chi connectivity index (χ0v) is 9.04. The van der Waals surface area contributed by atoms with E-state index in [1.165, 1.54) is 6.92 Å². The zero-order chi connectivity index (χ0) is 13.0. The maximum Gasteiger partial charge on any atom is 0.316 e. The first-order valence-corrected chi connectivity index (χ1v) is 4.94. The average Bonchev–Trinajstić information content (AvgIpc) is 2.22. The SMILES string of the molecule is CCC(C(=O)O)C(=O)Nc1ccc(F)cc1F. The van der Waals surface area contributed by atoms with Gasteiger partial charge < -0.3 is 10.4 Å². The smallest absolute Gasteiger partial charge is 0.316 e. The van der Waals surface area contributed by atoms with Crippen molar-refractivity contribution in [3.05, 3.63) is 29.8 Å². The van der Waals surface area contributed by atoms with Gasteiger partial charge in [-0.25, -0.2) is 8.78 Å². The Balaban J connectivity index is 2.84. The Morgan fingerprint density at radius 1 is 1.41 bits per heavy atom. The molecule has 0 aromatic heterocycles. The highest BCUT2D eigenvalue weighted by atomic mass is 19.1. The Hall–Kier alpha value is -1.98. The van der Waals surface area contributed by atoms with Crippen molar-refractivity contribution in [2.75, 3.05) is 5.32 Å². The predicted octanol–water partition coefficient (Wildman–Crippen LogP) is 2.01. The van der Waals surface area contributed by atoms with E-state index >= 15 is 0 Å². The highest BCUT2D eigenvalue weighted by Crippen LogP contribution is 2.16. The van der Waals surface area contributed by atoms with E-state index in [2.05, 4.69) is 5.32 Å². The van der Waals surface area contributed by atoms with Gasteiger partial charge in [-0.1, -0.05) is 6.92 Å². The van der Waals surface area contributed by atoms with Gasteiger partial charge in [0, 0.05) is 6.07 Å². The summed E-state index contributed by atoms with van der Waals surface area (Å²) in [4.78, 5) is 22.2. The van der Waals surface area contributed by atoms with E-state index in [0.717, 1.165) is 12.1 Å². The monoisotopic (exact) mass is 243 g/mol. The van der Waals surface area contributed by atoms with Gasteiger partial charge in [-0.2, -0.15) is 0 Å². The summed E-state index contributed by atoms with van der Waals surface area (Å²) in [6.45, 7) is 1.53. The zero-order valence-electron chi connectivity index (χ0n) is 9.04. The van der Waals surface area contributed by atoms with E-state index in [9.17, 15) is 18.4 Å². The van der Waals surface area contributed by atoms with Crippen molar-refractivity contribution >= 4 is 17.6 Å². The maximum atomic E-state index is 13.2. The molecule has 0 aliphatic heterocycles. The standard InChI is InChI=1S/C11H11F2NO3/c1-2-7(11(16)17)10(15)14-9-4-3-6(12)5-8(9)13/h3-5,7H,2H2,1H3,(H,14,15)(H,16,17). The number of carbonyl (C=O) groups excluding carboxylic acids is 1. The van der Waals surface area contributed by atoms with Gasteiger partial charge >= 0.3 is 5.97 Å². The summed E-state index contributed by atoms with van der Waals surface area (Å²) < 4.78 is 25.8. The van der Waals surface area contributed by atoms with Crippen LogP contribution in [-0.4, -0.2) is 17.0 Å². The van der Waals surface area contributed by atoms with E-state index in [-0.39, 0.29) is 12.1 Å². The van der Waals surface area contributed by atoms with Crippen LogP contribution in [0.4, 0.5) is 14.5 Å². The van der Waals surface area contributed by atoms with Crippen molar-refractivity contribution in [3.63, 3.8) is 0 Å². The van der Waals surface area contributed by atoms with Crippen LogP contribution in [0.5, 0.6) is 0 Å². The van der Waals surface area contributed by atoms with Gasteiger partial charge in [0.2, 0.25) is 5.91 Å². The number of aliphatic carboxylic acids is 1. The molecule has 0 bridgehead atoms. The maximum absolute atomic E-state index is 13.2. The fraction of sp³-hybridized carbons (Fsp3) is 0.273. The number of carboxylic acids is 1. The van der Waals surface area contributed by atoms with E-state index in [4.69, 9.17) is 5.11 Å². The molecular weight excluding hydrogens is 232 g/mol. The summed E-state index contributed by atoms with van der Waals surface area (Å²) in [6.07, 6.45) is 0.0873. The fourth-order valence-electron chi connectivity index (χ4n) is 1.28. The van der Waals surface area contributed by atoms with Crippen molar-refractivity contribution in [3.8, 4) is 0 Å². The van der Waals surface area contributed by atoms with Crippen molar-refractivity contribution in [1.29, 1.82) is 0 Å². The van der Waals surface area contributed by atoms with E-state index in [0.29, 0.717) is 6.07 Å². The summed E-state index contributed by atoms with van der Waals surface area (Å²) in [5.74, 6) is -5.08. The second-order valence-electron chi connectivity index (χ2n) is 3.41. The Kier molecular flexibility index (Phi) is 4.14. The van der Waals surface area contributed by atoms with Crippen LogP contribution >= 0.6 is 0 Å². The number of benzene rings is 1. The van der Waals surface area contributed by atoms with E-state index in [1.54, 1.807) is 0 Å². The molecular formula is C11H11F2NO3. The highest BCUT2D eigenvalue weighted by molar-refractivity contribution is 6.04. The normalized spacial score (nSPS) is 11.9. The number of hydrogen-bond acceptors (Lipinski definition) is 2. The molecule has 1 aromatic rings. The average molecular weight is 243 g/mol. The largest absolute Gasteiger partial charge is 0.481 e. The van der Waals surface area contributed by atoms with Gasteiger partial charge in [0.25, 0.3) is 0 Å². The van der Waals surface area contributed by atoms with E-state index in [1.807, 2.05) is 0 Å². The third-order valence-corrected chi connectivity index (χ3v) is 2.21.